The van der Waals surface area contributed by atoms with Gasteiger partial charge in [-0.2, -0.15) is 0 Å². The fraction of sp³-hybridized carbons (Fsp3) is 0.667. The Morgan fingerprint density at radius 3 is 2.39 bits per heavy atom. The highest BCUT2D eigenvalue weighted by Crippen LogP contribution is 2.31. The third-order valence-electron chi connectivity index (χ3n) is 3.22. The van der Waals surface area contributed by atoms with Gasteiger partial charge in [0.2, 0.25) is 0 Å². The number of hydrogen-bond donors (Lipinski definition) is 1. The monoisotopic (exact) mass is 260 g/mol. The quantitative estimate of drug-likeness (QED) is 0.854. The predicted molar refractivity (Wildman–Crippen MR) is 62.2 cm³/mol. The first-order valence-electron chi connectivity index (χ1n) is 5.85. The van der Waals surface area contributed by atoms with Gasteiger partial charge in [-0.15, -0.1) is 0 Å². The maximum absolute atomic E-state index is 12.9. The third kappa shape index (κ3) is 2.64. The van der Waals surface area contributed by atoms with Gasteiger partial charge in [-0.25, -0.2) is 18.7 Å². The predicted octanol–water partition coefficient (Wildman–Crippen LogP) is 2.57. The molecule has 0 fully saturated rings. The Labute approximate surface area is 105 Å². The first-order valence-corrected chi connectivity index (χ1v) is 5.85. The summed E-state index contributed by atoms with van der Waals surface area (Å²) in [6, 6.07) is 0. The van der Waals surface area contributed by atoms with E-state index in [2.05, 4.69) is 9.97 Å². The van der Waals surface area contributed by atoms with Gasteiger partial charge in [0.05, 0.1) is 6.61 Å². The van der Waals surface area contributed by atoms with Crippen LogP contribution in [-0.4, -0.2) is 22.2 Å². The summed E-state index contributed by atoms with van der Waals surface area (Å²) in [5.41, 5.74) is -1.13. The summed E-state index contributed by atoms with van der Waals surface area (Å²) < 4.78 is 31.1. The lowest BCUT2D eigenvalue weighted by atomic mass is 9.95. The van der Waals surface area contributed by atoms with Gasteiger partial charge >= 0.3 is 0 Å². The Balaban J connectivity index is 3.30. The van der Waals surface area contributed by atoms with Crippen molar-refractivity contribution in [1.82, 2.24) is 9.97 Å². The van der Waals surface area contributed by atoms with Crippen molar-refractivity contribution in [2.75, 3.05) is 7.11 Å². The van der Waals surface area contributed by atoms with Crippen molar-refractivity contribution in [3.05, 3.63) is 23.3 Å². The second-order valence-corrected chi connectivity index (χ2v) is 3.97. The number of aliphatic hydroxyl groups excluding tert-OH is 1. The Bertz CT molecular complexity index is 387. The number of ether oxygens (including phenoxy) is 1. The number of aliphatic hydroxyl groups is 1. The summed E-state index contributed by atoms with van der Waals surface area (Å²) in [7, 11) is 1.51. The van der Waals surface area contributed by atoms with Crippen LogP contribution in [0.2, 0.25) is 0 Å². The minimum atomic E-state index is -2.74. The number of rotatable bonds is 6. The fourth-order valence-electron chi connectivity index (χ4n) is 1.90. The van der Waals surface area contributed by atoms with E-state index in [1.165, 1.54) is 13.3 Å². The summed E-state index contributed by atoms with van der Waals surface area (Å²) >= 11 is 0. The lowest BCUT2D eigenvalue weighted by molar-refractivity contribution is -0.0299. The lowest BCUT2D eigenvalue weighted by Gasteiger charge is -2.28. The highest BCUT2D eigenvalue weighted by molar-refractivity contribution is 5.20. The van der Waals surface area contributed by atoms with Crippen molar-refractivity contribution >= 4 is 0 Å². The van der Waals surface area contributed by atoms with Crippen LogP contribution in [0, 0.1) is 0 Å². The summed E-state index contributed by atoms with van der Waals surface area (Å²) in [5, 5.41) is 8.99. The average molecular weight is 260 g/mol. The first-order chi connectivity index (χ1) is 8.54. The fourth-order valence-corrected chi connectivity index (χ4v) is 1.90. The van der Waals surface area contributed by atoms with Gasteiger partial charge in [0, 0.05) is 18.9 Å². The molecule has 0 atom stereocenters. The third-order valence-corrected chi connectivity index (χ3v) is 3.22. The van der Waals surface area contributed by atoms with Crippen LogP contribution in [0.25, 0.3) is 0 Å². The zero-order chi connectivity index (χ0) is 13.8. The van der Waals surface area contributed by atoms with Crippen LogP contribution in [0.1, 0.15) is 50.2 Å². The van der Waals surface area contributed by atoms with E-state index < -0.39 is 24.3 Å². The molecule has 0 saturated carbocycles. The summed E-state index contributed by atoms with van der Waals surface area (Å²) in [4.78, 5) is 7.93. The van der Waals surface area contributed by atoms with Gasteiger partial charge in [0.15, 0.2) is 5.82 Å². The van der Waals surface area contributed by atoms with Crippen LogP contribution >= 0.6 is 0 Å². The van der Waals surface area contributed by atoms with Crippen molar-refractivity contribution in [1.29, 1.82) is 0 Å². The molecule has 0 aliphatic rings. The van der Waals surface area contributed by atoms with E-state index in [0.717, 1.165) is 0 Å². The number of nitrogens with zero attached hydrogens (tertiary/aromatic N) is 2. The van der Waals surface area contributed by atoms with Gasteiger partial charge in [-0.3, -0.25) is 0 Å². The molecule has 0 aliphatic heterocycles. The molecule has 0 amide bonds. The second kappa shape index (κ2) is 6.15. The first kappa shape index (κ1) is 14.9. The number of aromatic nitrogens is 2. The summed E-state index contributed by atoms with van der Waals surface area (Å²) in [5.74, 6) is 0.238. The molecule has 0 radical (unpaired) electrons. The number of halogens is 2. The highest BCUT2D eigenvalue weighted by atomic mass is 19.3. The van der Waals surface area contributed by atoms with Crippen molar-refractivity contribution in [2.45, 2.75) is 45.3 Å². The smallest absolute Gasteiger partial charge is 0.280 e. The van der Waals surface area contributed by atoms with Crippen LogP contribution in [0.4, 0.5) is 8.78 Å². The molecule has 1 aromatic rings. The standard InChI is InChI=1S/C12H18F2N2O2/c1-4-12(5-2,18-3)11-15-6-8(7-17)9(16-11)10(13)14/h6,10,17H,4-5,7H2,1-3H3. The Morgan fingerprint density at radius 2 is 2.00 bits per heavy atom. The van der Waals surface area contributed by atoms with Gasteiger partial charge in [0.25, 0.3) is 6.43 Å². The van der Waals surface area contributed by atoms with Crippen molar-refractivity contribution in [3.63, 3.8) is 0 Å². The molecule has 0 bridgehead atoms. The molecule has 1 N–H and O–H groups in total. The van der Waals surface area contributed by atoms with Crippen LogP contribution in [0.3, 0.4) is 0 Å². The maximum Gasteiger partial charge on any atom is 0.280 e. The SMILES string of the molecule is CCC(CC)(OC)c1ncc(CO)c(C(F)F)n1. The molecule has 4 nitrogen and oxygen atoms in total. The summed E-state index contributed by atoms with van der Waals surface area (Å²) in [6.07, 6.45) is -0.331. The molecule has 18 heavy (non-hydrogen) atoms. The van der Waals surface area contributed by atoms with E-state index in [9.17, 15) is 8.78 Å². The Kier molecular flexibility index (Phi) is 5.10. The van der Waals surface area contributed by atoms with Gasteiger partial charge in [-0.05, 0) is 12.8 Å². The van der Waals surface area contributed by atoms with Crippen LogP contribution in [0.15, 0.2) is 6.20 Å². The minimum absolute atomic E-state index is 0.0472. The lowest BCUT2D eigenvalue weighted by Crippen LogP contribution is -2.30. The van der Waals surface area contributed by atoms with Gasteiger partial charge in [-0.1, -0.05) is 13.8 Å². The van der Waals surface area contributed by atoms with Gasteiger partial charge in [0.1, 0.15) is 11.3 Å². The van der Waals surface area contributed by atoms with E-state index >= 15 is 0 Å². The van der Waals surface area contributed by atoms with E-state index in [1.54, 1.807) is 0 Å². The molecule has 0 saturated heterocycles. The maximum atomic E-state index is 12.9. The zero-order valence-corrected chi connectivity index (χ0v) is 10.8. The zero-order valence-electron chi connectivity index (χ0n) is 10.8. The highest BCUT2D eigenvalue weighted by Gasteiger charge is 2.32. The molecular weight excluding hydrogens is 242 g/mol. The second-order valence-electron chi connectivity index (χ2n) is 3.97. The van der Waals surface area contributed by atoms with Crippen LogP contribution in [0.5, 0.6) is 0 Å². The molecule has 1 heterocycles. The largest absolute Gasteiger partial charge is 0.392 e. The van der Waals surface area contributed by atoms with E-state index in [4.69, 9.17) is 9.84 Å². The summed E-state index contributed by atoms with van der Waals surface area (Å²) in [6.45, 7) is 3.27. The van der Waals surface area contributed by atoms with Crippen molar-refractivity contribution in [3.8, 4) is 0 Å². The molecule has 6 heteroatoms. The molecule has 0 unspecified atom stereocenters. The van der Waals surface area contributed by atoms with E-state index in [1.807, 2.05) is 13.8 Å². The minimum Gasteiger partial charge on any atom is -0.392 e. The molecule has 1 aromatic heterocycles. The van der Waals surface area contributed by atoms with Gasteiger partial charge < -0.3 is 9.84 Å². The molecule has 0 spiro atoms. The number of alkyl halides is 2. The van der Waals surface area contributed by atoms with E-state index in [-0.39, 0.29) is 11.4 Å². The molecular formula is C12H18F2N2O2. The van der Waals surface area contributed by atoms with Crippen molar-refractivity contribution < 1.29 is 18.6 Å². The number of methoxy groups -OCH3 is 1. The van der Waals surface area contributed by atoms with Crippen LogP contribution < -0.4 is 0 Å². The average Bonchev–Trinajstić information content (AvgIpc) is 2.41. The molecule has 102 valence electrons. The normalized spacial score (nSPS) is 12.2. The molecule has 0 aliphatic carbocycles. The van der Waals surface area contributed by atoms with Crippen molar-refractivity contribution in [2.24, 2.45) is 0 Å². The van der Waals surface area contributed by atoms with Crippen LogP contribution in [-0.2, 0) is 16.9 Å². The molecule has 0 aromatic carbocycles. The number of hydrogen-bond acceptors (Lipinski definition) is 4. The Hall–Kier alpha value is -1.14. The molecule has 1 rings (SSSR count). The Morgan fingerprint density at radius 1 is 1.39 bits per heavy atom. The topological polar surface area (TPSA) is 55.2 Å². The van der Waals surface area contributed by atoms with E-state index in [0.29, 0.717) is 12.8 Å².